The van der Waals surface area contributed by atoms with Crippen molar-refractivity contribution in [3.8, 4) is 0 Å². The van der Waals surface area contributed by atoms with E-state index in [1.54, 1.807) is 0 Å². The number of para-hydroxylation sites is 1. The zero-order chi connectivity index (χ0) is 23.5. The summed E-state index contributed by atoms with van der Waals surface area (Å²) in [5.74, 6) is 1.07. The Morgan fingerprint density at radius 2 is 1.50 bits per heavy atom. The van der Waals surface area contributed by atoms with Crippen LogP contribution in [-0.4, -0.2) is 37.1 Å². The number of hydrogen-bond donors (Lipinski definition) is 1. The molecule has 0 radical (unpaired) electrons. The van der Waals surface area contributed by atoms with Gasteiger partial charge in [0.1, 0.15) is 11.3 Å². The first-order chi connectivity index (χ1) is 16.6. The Labute approximate surface area is 200 Å². The first-order valence-electron chi connectivity index (χ1n) is 11.9. The quantitative estimate of drug-likeness (QED) is 0.375. The second kappa shape index (κ2) is 9.84. The summed E-state index contributed by atoms with van der Waals surface area (Å²) in [6.07, 6.45) is 0. The Balaban J connectivity index is 1.62. The van der Waals surface area contributed by atoms with Gasteiger partial charge in [-0.1, -0.05) is 68.4 Å². The van der Waals surface area contributed by atoms with Crippen LogP contribution in [0.4, 0.5) is 5.69 Å². The molecular weight excluding hydrogens is 424 g/mol. The van der Waals surface area contributed by atoms with Crippen molar-refractivity contribution in [2.75, 3.05) is 31.6 Å². The molecule has 1 N–H and O–H groups in total. The van der Waals surface area contributed by atoms with Crippen LogP contribution in [0.5, 0.6) is 0 Å². The standard InChI is InChI=1S/C29H30N2O3/c1-20(2)21-12-14-22(15-13-21)27(31-16-18-33-19-17-31)28-26(24-10-6-7-11-25(24)34-28)30-29(32)23-8-4-3-5-9-23/h3-15,20,27H,16-19H2,1-2H3,(H,30,32)/t27-/m1/s1. The Kier molecular flexibility index (Phi) is 6.48. The number of morpholine rings is 1. The molecular formula is C29H30N2O3. The number of carbonyl (C=O) groups is 1. The molecule has 1 aliphatic rings. The van der Waals surface area contributed by atoms with Crippen molar-refractivity contribution in [1.29, 1.82) is 0 Å². The maximum absolute atomic E-state index is 13.2. The van der Waals surface area contributed by atoms with Gasteiger partial charge in [0.25, 0.3) is 5.91 Å². The monoisotopic (exact) mass is 454 g/mol. The van der Waals surface area contributed by atoms with Gasteiger partial charge in [0, 0.05) is 24.0 Å². The van der Waals surface area contributed by atoms with Crippen LogP contribution in [0.1, 0.15) is 53.1 Å². The fraction of sp³-hybridized carbons (Fsp3) is 0.276. The molecule has 5 nitrogen and oxygen atoms in total. The average molecular weight is 455 g/mol. The third-order valence-electron chi connectivity index (χ3n) is 6.48. The first kappa shape index (κ1) is 22.4. The highest BCUT2D eigenvalue weighted by Crippen LogP contribution is 2.41. The Morgan fingerprint density at radius 1 is 0.853 bits per heavy atom. The van der Waals surface area contributed by atoms with Crippen molar-refractivity contribution in [2.45, 2.75) is 25.8 Å². The minimum absolute atomic E-state index is 0.136. The Morgan fingerprint density at radius 3 is 2.21 bits per heavy atom. The molecule has 0 saturated carbocycles. The summed E-state index contributed by atoms with van der Waals surface area (Å²) in [7, 11) is 0. The molecule has 0 unspecified atom stereocenters. The molecule has 2 heterocycles. The van der Waals surface area contributed by atoms with Crippen molar-refractivity contribution >= 4 is 22.6 Å². The van der Waals surface area contributed by atoms with E-state index >= 15 is 0 Å². The van der Waals surface area contributed by atoms with Crippen LogP contribution in [0.25, 0.3) is 11.0 Å². The molecule has 1 aromatic heterocycles. The summed E-state index contributed by atoms with van der Waals surface area (Å²) < 4.78 is 12.1. The molecule has 174 valence electrons. The maximum atomic E-state index is 13.2. The van der Waals surface area contributed by atoms with Gasteiger partial charge in [0.15, 0.2) is 0 Å². The van der Waals surface area contributed by atoms with Gasteiger partial charge in [0.05, 0.1) is 24.9 Å². The zero-order valence-electron chi connectivity index (χ0n) is 19.7. The maximum Gasteiger partial charge on any atom is 0.255 e. The number of anilines is 1. The molecule has 1 amide bonds. The van der Waals surface area contributed by atoms with Crippen molar-refractivity contribution in [3.05, 3.63) is 101 Å². The van der Waals surface area contributed by atoms with Gasteiger partial charge in [0.2, 0.25) is 0 Å². The van der Waals surface area contributed by atoms with Gasteiger partial charge in [-0.25, -0.2) is 0 Å². The van der Waals surface area contributed by atoms with Crippen LogP contribution >= 0.6 is 0 Å². The van der Waals surface area contributed by atoms with Crippen LogP contribution in [0, 0.1) is 0 Å². The largest absolute Gasteiger partial charge is 0.457 e. The van der Waals surface area contributed by atoms with E-state index < -0.39 is 0 Å². The van der Waals surface area contributed by atoms with Crippen LogP contribution in [0.15, 0.2) is 83.3 Å². The van der Waals surface area contributed by atoms with Gasteiger partial charge in [-0.2, -0.15) is 0 Å². The fourth-order valence-corrected chi connectivity index (χ4v) is 4.59. The lowest BCUT2D eigenvalue weighted by Gasteiger charge is -2.34. The van der Waals surface area contributed by atoms with E-state index in [4.69, 9.17) is 9.15 Å². The molecule has 1 atom stereocenters. The van der Waals surface area contributed by atoms with Crippen LogP contribution in [0.2, 0.25) is 0 Å². The molecule has 5 rings (SSSR count). The van der Waals surface area contributed by atoms with E-state index in [1.165, 1.54) is 5.56 Å². The lowest BCUT2D eigenvalue weighted by molar-refractivity contribution is 0.0206. The van der Waals surface area contributed by atoms with E-state index in [0.29, 0.717) is 24.7 Å². The molecule has 1 aliphatic heterocycles. The van der Waals surface area contributed by atoms with Gasteiger partial charge < -0.3 is 14.5 Å². The number of amides is 1. The third kappa shape index (κ3) is 4.49. The van der Waals surface area contributed by atoms with Crippen LogP contribution in [0.3, 0.4) is 0 Å². The SMILES string of the molecule is CC(C)c1ccc([C@H](c2oc3ccccc3c2NC(=O)c2ccccc2)N2CCOCC2)cc1. The number of carbonyl (C=O) groups excluding carboxylic acids is 1. The van der Waals surface area contributed by atoms with Gasteiger partial charge in [-0.05, 0) is 41.3 Å². The van der Waals surface area contributed by atoms with Crippen LogP contribution < -0.4 is 5.32 Å². The van der Waals surface area contributed by atoms with Gasteiger partial charge in [-0.15, -0.1) is 0 Å². The van der Waals surface area contributed by atoms with Crippen molar-refractivity contribution in [2.24, 2.45) is 0 Å². The summed E-state index contributed by atoms with van der Waals surface area (Å²) in [5.41, 5.74) is 4.54. The van der Waals surface area contributed by atoms with Crippen LogP contribution in [-0.2, 0) is 4.74 Å². The average Bonchev–Trinajstić information content (AvgIpc) is 3.23. The topological polar surface area (TPSA) is 54.7 Å². The normalized spacial score (nSPS) is 15.5. The van der Waals surface area contributed by atoms with Gasteiger partial charge in [-0.3, -0.25) is 9.69 Å². The van der Waals surface area contributed by atoms with E-state index in [1.807, 2.05) is 54.6 Å². The minimum Gasteiger partial charge on any atom is -0.457 e. The highest BCUT2D eigenvalue weighted by Gasteiger charge is 2.31. The number of rotatable bonds is 6. The number of ether oxygens (including phenoxy) is 1. The lowest BCUT2D eigenvalue weighted by Crippen LogP contribution is -2.39. The number of hydrogen-bond acceptors (Lipinski definition) is 4. The molecule has 0 spiro atoms. The highest BCUT2D eigenvalue weighted by molar-refractivity contribution is 6.09. The van der Waals surface area contributed by atoms with Gasteiger partial charge >= 0.3 is 0 Å². The summed E-state index contributed by atoms with van der Waals surface area (Å²) in [5, 5.41) is 4.08. The van der Waals surface area contributed by atoms with E-state index in [2.05, 4.69) is 48.3 Å². The molecule has 4 aromatic rings. The van der Waals surface area contributed by atoms with Crippen molar-refractivity contribution < 1.29 is 13.9 Å². The number of nitrogens with zero attached hydrogens (tertiary/aromatic N) is 1. The van der Waals surface area contributed by atoms with Crippen molar-refractivity contribution in [1.82, 2.24) is 4.90 Å². The second-order valence-corrected chi connectivity index (χ2v) is 9.03. The summed E-state index contributed by atoms with van der Waals surface area (Å²) >= 11 is 0. The summed E-state index contributed by atoms with van der Waals surface area (Å²) in [6, 6.07) is 25.8. The lowest BCUT2D eigenvalue weighted by atomic mass is 9.96. The first-order valence-corrected chi connectivity index (χ1v) is 11.9. The molecule has 34 heavy (non-hydrogen) atoms. The molecule has 5 heteroatoms. The van der Waals surface area contributed by atoms with E-state index in [0.717, 1.165) is 41.1 Å². The number of fused-ring (bicyclic) bond motifs is 1. The molecule has 0 bridgehead atoms. The second-order valence-electron chi connectivity index (χ2n) is 9.03. The number of nitrogens with one attached hydrogen (secondary N) is 1. The molecule has 3 aromatic carbocycles. The highest BCUT2D eigenvalue weighted by atomic mass is 16.5. The summed E-state index contributed by atoms with van der Waals surface area (Å²) in [4.78, 5) is 15.6. The predicted molar refractivity (Wildman–Crippen MR) is 135 cm³/mol. The van der Waals surface area contributed by atoms with E-state index in [9.17, 15) is 4.79 Å². The molecule has 1 fully saturated rings. The predicted octanol–water partition coefficient (Wildman–Crippen LogP) is 6.23. The number of furan rings is 1. The van der Waals surface area contributed by atoms with Crippen molar-refractivity contribution in [3.63, 3.8) is 0 Å². The summed E-state index contributed by atoms with van der Waals surface area (Å²) in [6.45, 7) is 7.33. The molecule has 1 saturated heterocycles. The number of benzene rings is 3. The van der Waals surface area contributed by atoms with E-state index in [-0.39, 0.29) is 11.9 Å². The third-order valence-corrected chi connectivity index (χ3v) is 6.48. The Bertz CT molecular complexity index is 1260. The smallest absolute Gasteiger partial charge is 0.255 e. The minimum atomic E-state index is -0.149. The fourth-order valence-electron chi connectivity index (χ4n) is 4.59. The zero-order valence-corrected chi connectivity index (χ0v) is 19.7. The molecule has 0 aliphatic carbocycles. The Hall–Kier alpha value is -3.41.